The Labute approximate surface area is 206 Å². The number of hydrogen-bond acceptors (Lipinski definition) is 4. The highest BCUT2D eigenvalue weighted by Crippen LogP contribution is 2.45. The number of ether oxygens (including phenoxy) is 1. The molecule has 0 bridgehead atoms. The number of carboxylic acid groups (broad SMARTS) is 1. The fourth-order valence-corrected chi connectivity index (χ4v) is 5.17. The van der Waals surface area contributed by atoms with E-state index in [9.17, 15) is 14.4 Å². The van der Waals surface area contributed by atoms with Crippen molar-refractivity contribution in [2.45, 2.75) is 51.4 Å². The van der Waals surface area contributed by atoms with Gasteiger partial charge in [-0.25, -0.2) is 4.79 Å². The third-order valence-electron chi connectivity index (χ3n) is 7.40. The fraction of sp³-hybridized carbons (Fsp3) is 0.464. The Morgan fingerprint density at radius 3 is 2.23 bits per heavy atom. The van der Waals surface area contributed by atoms with Crippen LogP contribution in [-0.2, 0) is 14.3 Å². The number of nitrogens with one attached hydrogen (secondary N) is 2. The number of carbonyl (C=O) groups excluding carboxylic acids is 2. The van der Waals surface area contributed by atoms with E-state index in [0.29, 0.717) is 25.9 Å². The molecule has 0 saturated heterocycles. The third-order valence-corrected chi connectivity index (χ3v) is 7.40. The molecule has 0 heterocycles. The van der Waals surface area contributed by atoms with Crippen LogP contribution in [0, 0.1) is 11.3 Å². The van der Waals surface area contributed by atoms with Crippen molar-refractivity contribution in [3.05, 3.63) is 59.7 Å². The van der Waals surface area contributed by atoms with Crippen LogP contribution in [0.5, 0.6) is 0 Å². The quantitative estimate of drug-likeness (QED) is 0.434. The van der Waals surface area contributed by atoms with Gasteiger partial charge in [-0.1, -0.05) is 61.9 Å². The maximum atomic E-state index is 12.6. The second-order valence-electron chi connectivity index (χ2n) is 10.1. The van der Waals surface area contributed by atoms with E-state index in [0.717, 1.165) is 19.3 Å². The highest BCUT2D eigenvalue weighted by atomic mass is 16.5. The minimum Gasteiger partial charge on any atom is -0.481 e. The van der Waals surface area contributed by atoms with Crippen LogP contribution in [0.3, 0.4) is 0 Å². The summed E-state index contributed by atoms with van der Waals surface area (Å²) in [6.45, 7) is 3.07. The van der Waals surface area contributed by atoms with Gasteiger partial charge in [0.25, 0.3) is 0 Å². The van der Waals surface area contributed by atoms with Gasteiger partial charge < -0.3 is 20.5 Å². The van der Waals surface area contributed by atoms with Crippen LogP contribution in [-0.4, -0.2) is 42.8 Å². The number of carboxylic acids is 1. The van der Waals surface area contributed by atoms with Crippen molar-refractivity contribution in [3.63, 3.8) is 0 Å². The lowest BCUT2D eigenvalue weighted by atomic mass is 9.66. The number of fused-ring (bicyclic) bond motifs is 3. The first-order valence-electron chi connectivity index (χ1n) is 12.4. The van der Waals surface area contributed by atoms with Gasteiger partial charge in [-0.05, 0) is 52.8 Å². The molecule has 2 amide bonds. The first kappa shape index (κ1) is 24.8. The Hall–Kier alpha value is -3.35. The number of alkyl carbamates (subject to hydrolysis) is 1. The second kappa shape index (κ2) is 10.9. The zero-order valence-electron chi connectivity index (χ0n) is 20.2. The summed E-state index contributed by atoms with van der Waals surface area (Å²) in [5.41, 5.74) is 4.49. The zero-order chi connectivity index (χ0) is 24.8. The summed E-state index contributed by atoms with van der Waals surface area (Å²) in [6, 6.07) is 16.5. The summed E-state index contributed by atoms with van der Waals surface area (Å²) in [6.07, 6.45) is 3.34. The lowest BCUT2D eigenvalue weighted by Crippen LogP contribution is -2.46. The van der Waals surface area contributed by atoms with Crippen molar-refractivity contribution >= 4 is 18.0 Å². The molecule has 0 aromatic heterocycles. The van der Waals surface area contributed by atoms with Gasteiger partial charge >= 0.3 is 12.1 Å². The SMILES string of the molecule is CC(CCC(=O)O)CNC(=O)CC1(CNC(=O)OCC2c3ccccc3-c3ccccc32)CCC1. The van der Waals surface area contributed by atoms with E-state index in [1.807, 2.05) is 31.2 Å². The van der Waals surface area contributed by atoms with E-state index in [2.05, 4.69) is 34.9 Å². The fourth-order valence-electron chi connectivity index (χ4n) is 5.17. The molecular formula is C28H34N2O5. The number of amides is 2. The predicted octanol–water partition coefficient (Wildman–Crippen LogP) is 4.70. The van der Waals surface area contributed by atoms with Crippen molar-refractivity contribution in [2.75, 3.05) is 19.7 Å². The molecule has 1 atom stereocenters. The molecule has 3 N–H and O–H groups in total. The largest absolute Gasteiger partial charge is 0.481 e. The summed E-state index contributed by atoms with van der Waals surface area (Å²) in [5.74, 6) is -0.761. The highest BCUT2D eigenvalue weighted by Gasteiger charge is 2.39. The van der Waals surface area contributed by atoms with Crippen molar-refractivity contribution in [3.8, 4) is 11.1 Å². The van der Waals surface area contributed by atoms with Crippen LogP contribution in [0.4, 0.5) is 4.79 Å². The third kappa shape index (κ3) is 6.02. The lowest BCUT2D eigenvalue weighted by Gasteiger charge is -2.41. The molecule has 2 aliphatic carbocycles. The summed E-state index contributed by atoms with van der Waals surface area (Å²) in [7, 11) is 0. The van der Waals surface area contributed by atoms with Gasteiger partial charge in [0.1, 0.15) is 6.61 Å². The standard InChI is InChI=1S/C28H34N2O5/c1-19(11-12-26(32)33)16-29-25(31)15-28(13-6-14-28)18-30-27(34)35-17-24-22-9-4-2-7-20(22)21-8-3-5-10-23(21)24/h2-5,7-10,19,24H,6,11-18H2,1H3,(H,29,31)(H,30,34)(H,32,33). The average molecular weight is 479 g/mol. The maximum absolute atomic E-state index is 12.6. The van der Waals surface area contributed by atoms with Crippen LogP contribution in [0.15, 0.2) is 48.5 Å². The van der Waals surface area contributed by atoms with E-state index < -0.39 is 12.1 Å². The van der Waals surface area contributed by atoms with Gasteiger partial charge in [0, 0.05) is 31.8 Å². The molecule has 2 aromatic carbocycles. The van der Waals surface area contributed by atoms with Crippen molar-refractivity contribution in [1.82, 2.24) is 10.6 Å². The minimum absolute atomic E-state index is 0.0136. The Morgan fingerprint density at radius 2 is 1.66 bits per heavy atom. The molecule has 0 spiro atoms. The van der Waals surface area contributed by atoms with Gasteiger partial charge in [0.2, 0.25) is 5.91 Å². The molecule has 2 aromatic rings. The van der Waals surface area contributed by atoms with Gasteiger partial charge in [0.05, 0.1) is 0 Å². The summed E-state index contributed by atoms with van der Waals surface area (Å²) in [4.78, 5) is 35.8. The molecule has 1 unspecified atom stereocenters. The molecule has 7 nitrogen and oxygen atoms in total. The summed E-state index contributed by atoms with van der Waals surface area (Å²) >= 11 is 0. The van der Waals surface area contributed by atoms with Crippen LogP contribution in [0.1, 0.15) is 62.5 Å². The first-order valence-corrected chi connectivity index (χ1v) is 12.4. The molecule has 1 saturated carbocycles. The molecule has 35 heavy (non-hydrogen) atoms. The molecule has 4 rings (SSSR count). The number of rotatable bonds is 11. The Morgan fingerprint density at radius 1 is 1.03 bits per heavy atom. The summed E-state index contributed by atoms with van der Waals surface area (Å²) in [5, 5.41) is 14.6. The zero-order valence-corrected chi connectivity index (χ0v) is 20.2. The Balaban J connectivity index is 1.24. The van der Waals surface area contributed by atoms with E-state index >= 15 is 0 Å². The van der Waals surface area contributed by atoms with Crippen LogP contribution in [0.2, 0.25) is 0 Å². The van der Waals surface area contributed by atoms with Crippen molar-refractivity contribution < 1.29 is 24.2 Å². The molecule has 2 aliphatic rings. The van der Waals surface area contributed by atoms with Gasteiger partial charge in [-0.3, -0.25) is 9.59 Å². The van der Waals surface area contributed by atoms with Crippen molar-refractivity contribution in [2.24, 2.45) is 11.3 Å². The molecule has 1 fully saturated rings. The normalized spacial score (nSPS) is 16.4. The van der Waals surface area contributed by atoms with E-state index in [1.165, 1.54) is 22.3 Å². The smallest absolute Gasteiger partial charge is 0.407 e. The monoisotopic (exact) mass is 478 g/mol. The Kier molecular flexibility index (Phi) is 7.73. The van der Waals surface area contributed by atoms with Crippen LogP contribution in [0.25, 0.3) is 11.1 Å². The number of hydrogen-bond donors (Lipinski definition) is 3. The lowest BCUT2D eigenvalue weighted by molar-refractivity contribution is -0.137. The number of carbonyl (C=O) groups is 3. The number of benzene rings is 2. The topological polar surface area (TPSA) is 105 Å². The minimum atomic E-state index is -0.823. The van der Waals surface area contributed by atoms with Crippen molar-refractivity contribution in [1.29, 1.82) is 0 Å². The highest BCUT2D eigenvalue weighted by molar-refractivity contribution is 5.79. The molecule has 0 aliphatic heterocycles. The van der Waals surface area contributed by atoms with Gasteiger partial charge in [-0.2, -0.15) is 0 Å². The molecule has 7 heteroatoms. The molecular weight excluding hydrogens is 444 g/mol. The van der Waals surface area contributed by atoms with E-state index in [4.69, 9.17) is 9.84 Å². The molecule has 186 valence electrons. The van der Waals surface area contributed by atoms with Crippen LogP contribution < -0.4 is 10.6 Å². The average Bonchev–Trinajstić information content (AvgIpc) is 3.15. The first-order chi connectivity index (χ1) is 16.9. The second-order valence-corrected chi connectivity index (χ2v) is 10.1. The van der Waals surface area contributed by atoms with Crippen LogP contribution >= 0.6 is 0 Å². The predicted molar refractivity (Wildman–Crippen MR) is 133 cm³/mol. The number of aliphatic carboxylic acids is 1. The van der Waals surface area contributed by atoms with E-state index in [1.54, 1.807) is 0 Å². The van der Waals surface area contributed by atoms with E-state index in [-0.39, 0.29) is 36.2 Å². The summed E-state index contributed by atoms with van der Waals surface area (Å²) < 4.78 is 5.64. The van der Waals surface area contributed by atoms with Gasteiger partial charge in [-0.15, -0.1) is 0 Å². The maximum Gasteiger partial charge on any atom is 0.407 e. The Bertz CT molecular complexity index is 1030. The molecule has 0 radical (unpaired) electrons. The van der Waals surface area contributed by atoms with Gasteiger partial charge in [0.15, 0.2) is 0 Å².